The predicted octanol–water partition coefficient (Wildman–Crippen LogP) is 3.39. The van der Waals surface area contributed by atoms with Gasteiger partial charge in [-0.3, -0.25) is 4.79 Å². The van der Waals surface area contributed by atoms with Crippen LogP contribution >= 0.6 is 0 Å². The molecule has 0 aromatic heterocycles. The SMILES string of the molecule is COC(=O)[C@H](C)[C@@H](C(C)(C)C)[Si](C)(C)F. The lowest BCUT2D eigenvalue weighted by atomic mass is 9.84. The summed E-state index contributed by atoms with van der Waals surface area (Å²) in [6.45, 7) is 11.0. The van der Waals surface area contributed by atoms with Crippen LogP contribution in [-0.4, -0.2) is 21.5 Å². The Balaban J connectivity index is 5.06. The predicted molar refractivity (Wildman–Crippen MR) is 63.0 cm³/mol. The second kappa shape index (κ2) is 4.64. The zero-order chi connectivity index (χ0) is 12.4. The first-order chi connectivity index (χ1) is 6.51. The van der Waals surface area contributed by atoms with Crippen molar-refractivity contribution in [2.75, 3.05) is 7.11 Å². The van der Waals surface area contributed by atoms with Gasteiger partial charge in [-0.2, -0.15) is 0 Å². The molecule has 0 aliphatic heterocycles. The van der Waals surface area contributed by atoms with Gasteiger partial charge in [0, 0.05) is 5.54 Å². The first kappa shape index (κ1) is 14.6. The zero-order valence-electron chi connectivity index (χ0n) is 10.8. The molecule has 0 aromatic rings. The lowest BCUT2D eigenvalue weighted by Crippen LogP contribution is -2.42. The van der Waals surface area contributed by atoms with Crippen molar-refractivity contribution < 1.29 is 13.6 Å². The first-order valence-corrected chi connectivity index (χ1v) is 8.24. The third-order valence-electron chi connectivity index (χ3n) is 2.75. The number of halogens is 1. The molecule has 0 aromatic carbocycles. The minimum Gasteiger partial charge on any atom is -0.469 e. The number of rotatable bonds is 3. The van der Waals surface area contributed by atoms with Crippen LogP contribution < -0.4 is 0 Å². The van der Waals surface area contributed by atoms with Crippen LogP contribution in [-0.2, 0) is 9.53 Å². The Labute approximate surface area is 93.4 Å². The highest BCUT2D eigenvalue weighted by Gasteiger charge is 2.46. The van der Waals surface area contributed by atoms with E-state index in [2.05, 4.69) is 0 Å². The van der Waals surface area contributed by atoms with Gasteiger partial charge in [0.1, 0.15) is 0 Å². The van der Waals surface area contributed by atoms with Crippen molar-refractivity contribution in [2.45, 2.75) is 46.3 Å². The highest BCUT2D eigenvalue weighted by atomic mass is 28.4. The van der Waals surface area contributed by atoms with E-state index in [1.165, 1.54) is 7.11 Å². The number of carbonyl (C=O) groups is 1. The highest BCUT2D eigenvalue weighted by molar-refractivity contribution is 6.72. The molecule has 2 nitrogen and oxygen atoms in total. The molecule has 0 saturated heterocycles. The summed E-state index contributed by atoms with van der Waals surface area (Å²) in [5.74, 6) is -0.685. The largest absolute Gasteiger partial charge is 0.469 e. The number of esters is 1. The average molecular weight is 234 g/mol. The monoisotopic (exact) mass is 234 g/mol. The fourth-order valence-electron chi connectivity index (χ4n) is 2.70. The summed E-state index contributed by atoms with van der Waals surface area (Å²) in [5.41, 5.74) is -0.435. The van der Waals surface area contributed by atoms with Crippen LogP contribution in [0.2, 0.25) is 18.6 Å². The maximum atomic E-state index is 14.2. The van der Waals surface area contributed by atoms with Gasteiger partial charge in [-0.05, 0) is 18.5 Å². The Kier molecular flexibility index (Phi) is 4.52. The molecule has 90 valence electrons. The molecule has 0 aliphatic carbocycles. The summed E-state index contributed by atoms with van der Waals surface area (Å²) in [7, 11) is -1.51. The van der Waals surface area contributed by atoms with E-state index in [9.17, 15) is 8.90 Å². The van der Waals surface area contributed by atoms with Gasteiger partial charge >= 0.3 is 5.97 Å². The summed E-state index contributed by atoms with van der Waals surface area (Å²) >= 11 is 0. The highest BCUT2D eigenvalue weighted by Crippen LogP contribution is 2.45. The van der Waals surface area contributed by atoms with Gasteiger partial charge in [0.25, 0.3) is 0 Å². The van der Waals surface area contributed by atoms with Crippen LogP contribution in [0.25, 0.3) is 0 Å². The molecule has 4 heteroatoms. The molecule has 0 heterocycles. The van der Waals surface area contributed by atoms with E-state index in [0.29, 0.717) is 0 Å². The first-order valence-electron chi connectivity index (χ1n) is 5.28. The molecular formula is C11H23FO2Si. The van der Waals surface area contributed by atoms with E-state index in [4.69, 9.17) is 4.74 Å². The molecule has 0 unspecified atom stereocenters. The van der Waals surface area contributed by atoms with Gasteiger partial charge in [0.15, 0.2) is 0 Å². The molecule has 15 heavy (non-hydrogen) atoms. The van der Waals surface area contributed by atoms with Crippen molar-refractivity contribution in [1.29, 1.82) is 0 Å². The minimum absolute atomic E-state index is 0.210. The van der Waals surface area contributed by atoms with Crippen LogP contribution in [0.4, 0.5) is 4.11 Å². The number of carbonyl (C=O) groups excluding carboxylic acids is 1. The maximum Gasteiger partial charge on any atom is 0.308 e. The Bertz CT molecular complexity index is 214. The molecule has 0 fully saturated rings. The summed E-state index contributed by atoms with van der Waals surface area (Å²) in [6.07, 6.45) is 0. The Morgan fingerprint density at radius 2 is 1.73 bits per heavy atom. The van der Waals surface area contributed by atoms with E-state index in [0.717, 1.165) is 0 Å². The van der Waals surface area contributed by atoms with Crippen LogP contribution in [0.5, 0.6) is 0 Å². The number of hydrogen-bond donors (Lipinski definition) is 0. The van der Waals surface area contributed by atoms with Crippen LogP contribution in [0.3, 0.4) is 0 Å². The topological polar surface area (TPSA) is 26.3 Å². The number of ether oxygens (including phenoxy) is 1. The fraction of sp³-hybridized carbons (Fsp3) is 0.909. The van der Waals surface area contributed by atoms with Crippen LogP contribution in [0, 0.1) is 11.3 Å². The minimum atomic E-state index is -2.87. The van der Waals surface area contributed by atoms with Crippen molar-refractivity contribution in [3.63, 3.8) is 0 Å². The van der Waals surface area contributed by atoms with Gasteiger partial charge in [0.05, 0.1) is 13.0 Å². The Hall–Kier alpha value is -0.383. The van der Waals surface area contributed by atoms with Crippen molar-refractivity contribution in [2.24, 2.45) is 11.3 Å². The Morgan fingerprint density at radius 1 is 1.33 bits per heavy atom. The van der Waals surface area contributed by atoms with E-state index in [1.54, 1.807) is 20.0 Å². The van der Waals surface area contributed by atoms with Gasteiger partial charge in [-0.15, -0.1) is 0 Å². The number of methoxy groups -OCH3 is 1. The van der Waals surface area contributed by atoms with Crippen molar-refractivity contribution >= 4 is 14.4 Å². The zero-order valence-corrected chi connectivity index (χ0v) is 11.8. The van der Waals surface area contributed by atoms with E-state index in [1.807, 2.05) is 20.8 Å². The molecule has 0 amide bonds. The summed E-state index contributed by atoms with van der Waals surface area (Å²) in [5, 5.41) is 0. The van der Waals surface area contributed by atoms with Crippen LogP contribution in [0.1, 0.15) is 27.7 Å². The van der Waals surface area contributed by atoms with E-state index < -0.39 is 8.41 Å². The lowest BCUT2D eigenvalue weighted by Gasteiger charge is -2.39. The molecule has 0 spiro atoms. The van der Waals surface area contributed by atoms with Crippen LogP contribution in [0.15, 0.2) is 0 Å². The molecular weight excluding hydrogens is 211 g/mol. The molecule has 0 N–H and O–H groups in total. The third kappa shape index (κ3) is 3.93. The second-order valence-corrected chi connectivity index (χ2v) is 9.47. The van der Waals surface area contributed by atoms with Gasteiger partial charge in [0.2, 0.25) is 8.41 Å². The van der Waals surface area contributed by atoms with Crippen molar-refractivity contribution in [3.05, 3.63) is 0 Å². The van der Waals surface area contributed by atoms with Gasteiger partial charge in [-0.1, -0.05) is 27.7 Å². The van der Waals surface area contributed by atoms with Gasteiger partial charge in [-0.25, -0.2) is 0 Å². The van der Waals surface area contributed by atoms with E-state index >= 15 is 0 Å². The maximum absolute atomic E-state index is 14.2. The summed E-state index contributed by atoms with van der Waals surface area (Å²) in [6, 6.07) is 0. The molecule has 0 saturated carbocycles. The molecule has 0 rings (SSSR count). The summed E-state index contributed by atoms with van der Waals surface area (Å²) < 4.78 is 18.9. The normalized spacial score (nSPS) is 17.1. The molecule has 2 atom stereocenters. The van der Waals surface area contributed by atoms with Gasteiger partial charge < -0.3 is 8.84 Å². The third-order valence-corrected chi connectivity index (χ3v) is 5.59. The molecule has 0 bridgehead atoms. The Morgan fingerprint density at radius 3 is 1.93 bits per heavy atom. The summed E-state index contributed by atoms with van der Waals surface area (Å²) in [4.78, 5) is 11.5. The lowest BCUT2D eigenvalue weighted by molar-refractivity contribution is -0.145. The fourth-order valence-corrected chi connectivity index (χ4v) is 6.08. The smallest absolute Gasteiger partial charge is 0.308 e. The quantitative estimate of drug-likeness (QED) is 0.425. The van der Waals surface area contributed by atoms with Crippen molar-refractivity contribution in [1.82, 2.24) is 0 Å². The molecule has 0 radical (unpaired) electrons. The second-order valence-electron chi connectivity index (χ2n) is 5.72. The average Bonchev–Trinajstić information content (AvgIpc) is 1.97. The van der Waals surface area contributed by atoms with E-state index in [-0.39, 0.29) is 22.8 Å². The standard InChI is InChI=1S/C11H23FO2Si/c1-8(10(13)14-5)9(11(2,3)4)15(6,7)12/h8-9H,1-7H3/t8-,9+/m1/s1. The van der Waals surface area contributed by atoms with Crippen molar-refractivity contribution in [3.8, 4) is 0 Å². The number of hydrogen-bond acceptors (Lipinski definition) is 2. The molecule has 0 aliphatic rings.